The molecule has 1 aromatic heterocycles. The molecule has 1 N–H and O–H groups in total. The van der Waals surface area contributed by atoms with Crippen molar-refractivity contribution in [3.05, 3.63) is 21.9 Å². The van der Waals surface area contributed by atoms with E-state index in [9.17, 15) is 4.79 Å². The second-order valence-electron chi connectivity index (χ2n) is 4.28. The average Bonchev–Trinajstić information content (AvgIpc) is 2.65. The van der Waals surface area contributed by atoms with Crippen molar-refractivity contribution in [3.63, 3.8) is 0 Å². The topological polar surface area (TPSA) is 40.5 Å². The normalized spacial score (nSPS) is 13.0. The van der Waals surface area contributed by atoms with Gasteiger partial charge in [0.1, 0.15) is 4.88 Å². The van der Waals surface area contributed by atoms with Gasteiger partial charge in [-0.25, -0.2) is 4.79 Å². The molecule has 16 heavy (non-hydrogen) atoms. The highest BCUT2D eigenvalue weighted by molar-refractivity contribution is 7.13. The van der Waals surface area contributed by atoms with Gasteiger partial charge in [0, 0.05) is 18.0 Å². The van der Waals surface area contributed by atoms with Crippen LogP contribution in [0.25, 0.3) is 0 Å². The monoisotopic (exact) mass is 241 g/mol. The van der Waals surface area contributed by atoms with Crippen LogP contribution in [0.4, 0.5) is 0 Å². The minimum atomic E-state index is -0.833. The van der Waals surface area contributed by atoms with Crippen molar-refractivity contribution >= 4 is 17.3 Å². The number of rotatable bonds is 6. The molecular weight excluding hydrogens is 222 g/mol. The molecule has 0 bridgehead atoms. The van der Waals surface area contributed by atoms with Gasteiger partial charge in [-0.1, -0.05) is 20.3 Å². The third-order valence-electron chi connectivity index (χ3n) is 2.62. The molecule has 0 aliphatic carbocycles. The Kier molecular flexibility index (Phi) is 4.96. The van der Waals surface area contributed by atoms with E-state index in [2.05, 4.69) is 25.8 Å². The van der Waals surface area contributed by atoms with Crippen LogP contribution in [-0.2, 0) is 6.54 Å². The van der Waals surface area contributed by atoms with Crippen LogP contribution in [-0.4, -0.2) is 29.6 Å². The van der Waals surface area contributed by atoms with Gasteiger partial charge in [-0.2, -0.15) is 0 Å². The SMILES string of the molecule is CCC(C)CN(C)Cc1ccc(C(=O)O)s1. The molecule has 0 amide bonds. The number of nitrogens with zero attached hydrogens (tertiary/aromatic N) is 1. The Labute approximate surface area is 101 Å². The van der Waals surface area contributed by atoms with Crippen LogP contribution in [0.3, 0.4) is 0 Å². The maximum Gasteiger partial charge on any atom is 0.345 e. The smallest absolute Gasteiger partial charge is 0.345 e. The van der Waals surface area contributed by atoms with Gasteiger partial charge in [-0.05, 0) is 25.1 Å². The first kappa shape index (κ1) is 13.2. The largest absolute Gasteiger partial charge is 0.477 e. The molecule has 0 radical (unpaired) electrons. The molecule has 1 atom stereocenters. The van der Waals surface area contributed by atoms with E-state index in [1.54, 1.807) is 6.07 Å². The Bertz CT molecular complexity index is 349. The van der Waals surface area contributed by atoms with E-state index < -0.39 is 5.97 Å². The summed E-state index contributed by atoms with van der Waals surface area (Å²) < 4.78 is 0. The quantitative estimate of drug-likeness (QED) is 0.832. The highest BCUT2D eigenvalue weighted by Crippen LogP contribution is 2.18. The lowest BCUT2D eigenvalue weighted by molar-refractivity contribution is 0.0702. The molecule has 90 valence electrons. The Morgan fingerprint density at radius 1 is 1.56 bits per heavy atom. The first-order valence-electron chi connectivity index (χ1n) is 5.53. The Balaban J connectivity index is 2.49. The van der Waals surface area contributed by atoms with Crippen LogP contribution in [0.5, 0.6) is 0 Å². The fourth-order valence-corrected chi connectivity index (χ4v) is 2.50. The van der Waals surface area contributed by atoms with Gasteiger partial charge >= 0.3 is 5.97 Å². The lowest BCUT2D eigenvalue weighted by Gasteiger charge is -2.19. The minimum Gasteiger partial charge on any atom is -0.477 e. The molecule has 1 rings (SSSR count). The predicted octanol–water partition coefficient (Wildman–Crippen LogP) is 2.92. The summed E-state index contributed by atoms with van der Waals surface area (Å²) in [6.07, 6.45) is 1.18. The second kappa shape index (κ2) is 6.01. The summed E-state index contributed by atoms with van der Waals surface area (Å²) in [5.41, 5.74) is 0. The zero-order valence-electron chi connectivity index (χ0n) is 10.1. The highest BCUT2D eigenvalue weighted by Gasteiger charge is 2.09. The molecule has 4 heteroatoms. The predicted molar refractivity (Wildman–Crippen MR) is 67.1 cm³/mol. The van der Waals surface area contributed by atoms with E-state index in [4.69, 9.17) is 5.11 Å². The third-order valence-corrected chi connectivity index (χ3v) is 3.68. The van der Waals surface area contributed by atoms with E-state index in [0.717, 1.165) is 18.0 Å². The van der Waals surface area contributed by atoms with Gasteiger partial charge in [0.2, 0.25) is 0 Å². The first-order chi connectivity index (χ1) is 7.52. The maximum atomic E-state index is 10.7. The number of hydrogen-bond donors (Lipinski definition) is 1. The van der Waals surface area contributed by atoms with Crippen molar-refractivity contribution in [2.45, 2.75) is 26.8 Å². The minimum absolute atomic E-state index is 0.423. The molecular formula is C12H19NO2S. The van der Waals surface area contributed by atoms with Crippen molar-refractivity contribution in [1.82, 2.24) is 4.90 Å². The van der Waals surface area contributed by atoms with Crippen LogP contribution < -0.4 is 0 Å². The number of thiophene rings is 1. The number of aromatic carboxylic acids is 1. The number of hydrogen-bond acceptors (Lipinski definition) is 3. The second-order valence-corrected chi connectivity index (χ2v) is 5.45. The van der Waals surface area contributed by atoms with Crippen molar-refractivity contribution in [2.24, 2.45) is 5.92 Å². The summed E-state index contributed by atoms with van der Waals surface area (Å²) in [4.78, 5) is 14.5. The Morgan fingerprint density at radius 3 is 2.75 bits per heavy atom. The molecule has 0 fully saturated rings. The summed E-state index contributed by atoms with van der Waals surface area (Å²) in [5.74, 6) is -0.148. The molecule has 1 unspecified atom stereocenters. The summed E-state index contributed by atoms with van der Waals surface area (Å²) in [5, 5.41) is 8.81. The molecule has 0 aliphatic rings. The first-order valence-corrected chi connectivity index (χ1v) is 6.35. The van der Waals surface area contributed by atoms with Crippen LogP contribution in [0, 0.1) is 5.92 Å². The molecule has 0 saturated heterocycles. The van der Waals surface area contributed by atoms with E-state index in [1.807, 2.05) is 6.07 Å². The third kappa shape index (κ3) is 3.94. The van der Waals surface area contributed by atoms with Crippen LogP contribution >= 0.6 is 11.3 Å². The lowest BCUT2D eigenvalue weighted by atomic mass is 10.1. The van der Waals surface area contributed by atoms with E-state index in [-0.39, 0.29) is 0 Å². The zero-order chi connectivity index (χ0) is 12.1. The Morgan fingerprint density at radius 2 is 2.25 bits per heavy atom. The van der Waals surface area contributed by atoms with Crippen LogP contribution in [0.2, 0.25) is 0 Å². The number of carboxylic acid groups (broad SMARTS) is 1. The fraction of sp³-hybridized carbons (Fsp3) is 0.583. The summed E-state index contributed by atoms with van der Waals surface area (Å²) >= 11 is 1.36. The van der Waals surface area contributed by atoms with E-state index >= 15 is 0 Å². The van der Waals surface area contributed by atoms with Crippen molar-refractivity contribution in [3.8, 4) is 0 Å². The molecule has 0 aliphatic heterocycles. The molecule has 1 aromatic rings. The van der Waals surface area contributed by atoms with Gasteiger partial charge in [-0.15, -0.1) is 11.3 Å². The average molecular weight is 241 g/mol. The Hall–Kier alpha value is -0.870. The lowest BCUT2D eigenvalue weighted by Crippen LogP contribution is -2.23. The van der Waals surface area contributed by atoms with Gasteiger partial charge in [0.15, 0.2) is 0 Å². The van der Waals surface area contributed by atoms with Crippen LogP contribution in [0.1, 0.15) is 34.8 Å². The fourth-order valence-electron chi connectivity index (χ4n) is 1.57. The van der Waals surface area contributed by atoms with Crippen molar-refractivity contribution < 1.29 is 9.90 Å². The van der Waals surface area contributed by atoms with Crippen LogP contribution in [0.15, 0.2) is 12.1 Å². The molecule has 0 aromatic carbocycles. The van der Waals surface area contributed by atoms with Crippen molar-refractivity contribution in [2.75, 3.05) is 13.6 Å². The molecule has 3 nitrogen and oxygen atoms in total. The highest BCUT2D eigenvalue weighted by atomic mass is 32.1. The van der Waals surface area contributed by atoms with Gasteiger partial charge in [0.05, 0.1) is 0 Å². The summed E-state index contributed by atoms with van der Waals surface area (Å²) in [6, 6.07) is 3.58. The molecule has 1 heterocycles. The molecule has 0 saturated carbocycles. The number of carboxylic acids is 1. The standard InChI is InChI=1S/C12H19NO2S/c1-4-9(2)7-13(3)8-10-5-6-11(16-10)12(14)15/h5-6,9H,4,7-8H2,1-3H3,(H,14,15). The summed E-state index contributed by atoms with van der Waals surface area (Å²) in [6.45, 7) is 6.30. The number of carbonyl (C=O) groups is 1. The van der Waals surface area contributed by atoms with Crippen molar-refractivity contribution in [1.29, 1.82) is 0 Å². The van der Waals surface area contributed by atoms with Gasteiger partial charge in [-0.3, -0.25) is 0 Å². The molecule has 0 spiro atoms. The zero-order valence-corrected chi connectivity index (χ0v) is 10.9. The van der Waals surface area contributed by atoms with Gasteiger partial charge < -0.3 is 10.0 Å². The summed E-state index contributed by atoms with van der Waals surface area (Å²) in [7, 11) is 2.08. The van der Waals surface area contributed by atoms with E-state index in [1.165, 1.54) is 17.8 Å². The van der Waals surface area contributed by atoms with E-state index in [0.29, 0.717) is 10.8 Å². The van der Waals surface area contributed by atoms with Gasteiger partial charge in [0.25, 0.3) is 0 Å². The maximum absolute atomic E-state index is 10.7.